The van der Waals surface area contributed by atoms with E-state index >= 15 is 0 Å². The average molecular weight is 340 g/mol. The second-order valence-electron chi connectivity index (χ2n) is 7.16. The highest BCUT2D eigenvalue weighted by molar-refractivity contribution is 7.15. The Balaban J connectivity index is 2.72. The summed E-state index contributed by atoms with van der Waals surface area (Å²) in [5, 5.41) is 6.25. The molecule has 0 spiro atoms. The SMILES string of the molecule is Cc1nc(NC(=O)CN(CC(C)C)C(=O)NC(C)(C)C)sc1C. The van der Waals surface area contributed by atoms with Crippen molar-refractivity contribution in [2.45, 2.75) is 54.0 Å². The Kier molecular flexibility index (Phi) is 6.56. The van der Waals surface area contributed by atoms with Crippen molar-refractivity contribution >= 4 is 28.4 Å². The second kappa shape index (κ2) is 7.77. The topological polar surface area (TPSA) is 74.3 Å². The van der Waals surface area contributed by atoms with E-state index in [2.05, 4.69) is 15.6 Å². The van der Waals surface area contributed by atoms with E-state index in [0.717, 1.165) is 10.6 Å². The maximum Gasteiger partial charge on any atom is 0.318 e. The zero-order valence-corrected chi connectivity index (χ0v) is 15.9. The van der Waals surface area contributed by atoms with Crippen LogP contribution in [0, 0.1) is 19.8 Å². The zero-order valence-electron chi connectivity index (χ0n) is 15.1. The van der Waals surface area contributed by atoms with Gasteiger partial charge >= 0.3 is 6.03 Å². The number of aromatic nitrogens is 1. The van der Waals surface area contributed by atoms with Gasteiger partial charge in [0, 0.05) is 17.0 Å². The number of nitrogens with zero attached hydrogens (tertiary/aromatic N) is 2. The van der Waals surface area contributed by atoms with Crippen molar-refractivity contribution in [1.29, 1.82) is 0 Å². The Morgan fingerprint density at radius 1 is 1.26 bits per heavy atom. The number of thiazole rings is 1. The van der Waals surface area contributed by atoms with E-state index in [1.807, 2.05) is 48.5 Å². The summed E-state index contributed by atoms with van der Waals surface area (Å²) in [5.41, 5.74) is 0.571. The number of amides is 3. The standard InChI is InChI=1S/C16H28N4O2S/c1-10(2)8-20(15(22)19-16(5,6)7)9-13(21)18-14-17-11(3)12(4)23-14/h10H,8-9H2,1-7H3,(H,19,22)(H,17,18,21). The van der Waals surface area contributed by atoms with Crippen LogP contribution in [0.25, 0.3) is 0 Å². The Hall–Kier alpha value is -1.63. The van der Waals surface area contributed by atoms with Gasteiger partial charge in [0.05, 0.1) is 5.69 Å². The Morgan fingerprint density at radius 3 is 2.30 bits per heavy atom. The lowest BCUT2D eigenvalue weighted by molar-refractivity contribution is -0.116. The van der Waals surface area contributed by atoms with E-state index in [0.29, 0.717) is 11.7 Å². The second-order valence-corrected chi connectivity index (χ2v) is 8.37. The quantitative estimate of drug-likeness (QED) is 0.864. The molecule has 3 amide bonds. The van der Waals surface area contributed by atoms with Crippen molar-refractivity contribution in [3.63, 3.8) is 0 Å². The maximum absolute atomic E-state index is 12.4. The summed E-state index contributed by atoms with van der Waals surface area (Å²) in [4.78, 5) is 31.5. The summed E-state index contributed by atoms with van der Waals surface area (Å²) in [6, 6.07) is -0.229. The van der Waals surface area contributed by atoms with E-state index in [1.165, 1.54) is 11.3 Å². The van der Waals surface area contributed by atoms with Crippen molar-refractivity contribution in [3.8, 4) is 0 Å². The predicted molar refractivity (Wildman–Crippen MR) is 94.9 cm³/mol. The summed E-state index contributed by atoms with van der Waals surface area (Å²) in [5.74, 6) is 0.0429. The molecule has 1 rings (SSSR count). The van der Waals surface area contributed by atoms with Gasteiger partial charge in [-0.05, 0) is 40.5 Å². The monoisotopic (exact) mass is 340 g/mol. The van der Waals surface area contributed by atoms with Crippen molar-refractivity contribution in [3.05, 3.63) is 10.6 Å². The van der Waals surface area contributed by atoms with Crippen LogP contribution in [0.3, 0.4) is 0 Å². The third-order valence-electron chi connectivity index (χ3n) is 2.96. The Labute approximate surface area is 142 Å². The smallest absolute Gasteiger partial charge is 0.318 e. The molecule has 0 saturated carbocycles. The largest absolute Gasteiger partial charge is 0.333 e. The molecule has 0 aromatic carbocycles. The van der Waals surface area contributed by atoms with Crippen LogP contribution in [0.2, 0.25) is 0 Å². The van der Waals surface area contributed by atoms with Gasteiger partial charge in [0.2, 0.25) is 5.91 Å². The molecule has 0 aliphatic rings. The lowest BCUT2D eigenvalue weighted by Gasteiger charge is -2.29. The summed E-state index contributed by atoms with van der Waals surface area (Å²) in [7, 11) is 0. The van der Waals surface area contributed by atoms with Crippen molar-refractivity contribution in [1.82, 2.24) is 15.2 Å². The molecular weight excluding hydrogens is 312 g/mol. The van der Waals surface area contributed by atoms with E-state index in [-0.39, 0.29) is 29.9 Å². The third-order valence-corrected chi connectivity index (χ3v) is 3.95. The fourth-order valence-electron chi connectivity index (χ4n) is 1.92. The first-order valence-corrected chi connectivity index (χ1v) is 8.60. The van der Waals surface area contributed by atoms with Crippen LogP contribution in [-0.2, 0) is 4.79 Å². The third kappa shape index (κ3) is 6.99. The van der Waals surface area contributed by atoms with Gasteiger partial charge in [-0.1, -0.05) is 13.8 Å². The van der Waals surface area contributed by atoms with Gasteiger partial charge in [-0.25, -0.2) is 9.78 Å². The van der Waals surface area contributed by atoms with Crippen LogP contribution in [0.4, 0.5) is 9.93 Å². The number of nitrogens with one attached hydrogen (secondary N) is 2. The summed E-state index contributed by atoms with van der Waals surface area (Å²) >= 11 is 1.44. The molecule has 0 radical (unpaired) electrons. The molecule has 23 heavy (non-hydrogen) atoms. The van der Waals surface area contributed by atoms with Crippen molar-refractivity contribution < 1.29 is 9.59 Å². The zero-order chi connectivity index (χ0) is 17.8. The molecule has 0 saturated heterocycles. The van der Waals surface area contributed by atoms with Crippen molar-refractivity contribution in [2.75, 3.05) is 18.4 Å². The molecule has 0 atom stereocenters. The molecule has 1 aromatic heterocycles. The predicted octanol–water partition coefficient (Wildman–Crippen LogP) is 3.16. The first kappa shape index (κ1) is 19.4. The minimum absolute atomic E-state index is 0.0117. The van der Waals surface area contributed by atoms with Crippen molar-refractivity contribution in [2.24, 2.45) is 5.92 Å². The molecule has 0 aliphatic heterocycles. The Bertz CT molecular complexity index is 541. The molecule has 6 nitrogen and oxygen atoms in total. The highest BCUT2D eigenvalue weighted by Crippen LogP contribution is 2.21. The van der Waals surface area contributed by atoms with Crippen LogP contribution in [0.5, 0.6) is 0 Å². The van der Waals surface area contributed by atoms with E-state index in [1.54, 1.807) is 4.90 Å². The maximum atomic E-state index is 12.4. The average Bonchev–Trinajstić information content (AvgIpc) is 2.64. The van der Waals surface area contributed by atoms with Crippen LogP contribution < -0.4 is 10.6 Å². The molecule has 0 aliphatic carbocycles. The molecule has 7 heteroatoms. The van der Waals surface area contributed by atoms with E-state index < -0.39 is 0 Å². The number of hydrogen-bond acceptors (Lipinski definition) is 4. The van der Waals surface area contributed by atoms with Crippen LogP contribution >= 0.6 is 11.3 Å². The lowest BCUT2D eigenvalue weighted by Crippen LogP contribution is -2.51. The first-order valence-electron chi connectivity index (χ1n) is 7.79. The number of rotatable bonds is 5. The fourth-order valence-corrected chi connectivity index (χ4v) is 2.75. The summed E-state index contributed by atoms with van der Waals surface area (Å²) in [6.07, 6.45) is 0. The number of hydrogen-bond donors (Lipinski definition) is 2. The Morgan fingerprint density at radius 2 is 1.87 bits per heavy atom. The van der Waals surface area contributed by atoms with E-state index in [4.69, 9.17) is 0 Å². The molecule has 130 valence electrons. The number of urea groups is 1. The number of carbonyl (C=O) groups is 2. The first-order chi connectivity index (χ1) is 10.5. The fraction of sp³-hybridized carbons (Fsp3) is 0.688. The van der Waals surface area contributed by atoms with Gasteiger partial charge in [-0.3, -0.25) is 4.79 Å². The number of anilines is 1. The minimum atomic E-state index is -0.341. The van der Waals surface area contributed by atoms with Crippen LogP contribution in [0.1, 0.15) is 45.2 Å². The summed E-state index contributed by atoms with van der Waals surface area (Å²) in [6.45, 7) is 14.2. The van der Waals surface area contributed by atoms with Gasteiger partial charge in [-0.15, -0.1) is 11.3 Å². The van der Waals surface area contributed by atoms with E-state index in [9.17, 15) is 9.59 Å². The minimum Gasteiger partial charge on any atom is -0.333 e. The summed E-state index contributed by atoms with van der Waals surface area (Å²) < 4.78 is 0. The highest BCUT2D eigenvalue weighted by atomic mass is 32.1. The molecule has 0 fully saturated rings. The van der Waals surface area contributed by atoms with Crippen LogP contribution in [0.15, 0.2) is 0 Å². The molecular formula is C16H28N4O2S. The highest BCUT2D eigenvalue weighted by Gasteiger charge is 2.22. The molecule has 1 heterocycles. The number of aryl methyl sites for hydroxylation is 2. The van der Waals surface area contributed by atoms with Gasteiger partial charge in [0.15, 0.2) is 5.13 Å². The van der Waals surface area contributed by atoms with Gasteiger partial charge in [0.25, 0.3) is 0 Å². The van der Waals surface area contributed by atoms with Gasteiger partial charge in [-0.2, -0.15) is 0 Å². The molecule has 1 aromatic rings. The molecule has 0 bridgehead atoms. The van der Waals surface area contributed by atoms with Gasteiger partial charge < -0.3 is 15.5 Å². The molecule has 0 unspecified atom stereocenters. The molecule has 2 N–H and O–H groups in total. The number of carbonyl (C=O) groups excluding carboxylic acids is 2. The normalized spacial score (nSPS) is 11.5. The van der Waals surface area contributed by atoms with Crippen LogP contribution in [-0.4, -0.2) is 40.5 Å². The lowest BCUT2D eigenvalue weighted by atomic mass is 10.1. The van der Waals surface area contributed by atoms with Gasteiger partial charge in [0.1, 0.15) is 6.54 Å².